The van der Waals surface area contributed by atoms with E-state index in [1.165, 1.54) is 27.6 Å². The van der Waals surface area contributed by atoms with Gasteiger partial charge in [0.05, 0.1) is 11.2 Å². The predicted molar refractivity (Wildman–Crippen MR) is 146 cm³/mol. The SMILES string of the molecule is Cn1c2c(c3ccc(-n4ccc(OCc5ccccc5)cc4=O)cc31)CN(C1CCN(C(=O)O)CC1)CC2. The van der Waals surface area contributed by atoms with Gasteiger partial charge in [0.1, 0.15) is 12.4 Å². The molecule has 38 heavy (non-hydrogen) atoms. The van der Waals surface area contributed by atoms with E-state index in [1.54, 1.807) is 10.8 Å². The van der Waals surface area contributed by atoms with Crippen LogP contribution in [-0.2, 0) is 26.6 Å². The summed E-state index contributed by atoms with van der Waals surface area (Å²) < 4.78 is 9.75. The number of nitrogens with zero attached hydrogens (tertiary/aromatic N) is 4. The molecule has 0 atom stereocenters. The number of rotatable bonds is 5. The summed E-state index contributed by atoms with van der Waals surface area (Å²) in [4.78, 5) is 28.3. The van der Waals surface area contributed by atoms with Gasteiger partial charge in [-0.1, -0.05) is 36.4 Å². The van der Waals surface area contributed by atoms with Crippen molar-refractivity contribution in [1.29, 1.82) is 0 Å². The molecule has 1 N–H and O–H groups in total. The van der Waals surface area contributed by atoms with Crippen LogP contribution in [0.15, 0.2) is 71.7 Å². The summed E-state index contributed by atoms with van der Waals surface area (Å²) in [6.45, 7) is 3.48. The van der Waals surface area contributed by atoms with Crippen LogP contribution < -0.4 is 10.3 Å². The number of aromatic nitrogens is 2. The number of ether oxygens (including phenoxy) is 1. The van der Waals surface area contributed by atoms with Crippen molar-refractivity contribution >= 4 is 17.0 Å². The fourth-order valence-electron chi connectivity index (χ4n) is 5.97. The minimum absolute atomic E-state index is 0.132. The zero-order valence-electron chi connectivity index (χ0n) is 21.5. The van der Waals surface area contributed by atoms with E-state index in [9.17, 15) is 14.7 Å². The van der Waals surface area contributed by atoms with Crippen molar-refractivity contribution in [3.8, 4) is 11.4 Å². The highest BCUT2D eigenvalue weighted by Gasteiger charge is 2.31. The Bertz CT molecular complexity index is 1530. The van der Waals surface area contributed by atoms with Gasteiger partial charge in [0.2, 0.25) is 0 Å². The Labute approximate surface area is 221 Å². The van der Waals surface area contributed by atoms with Crippen molar-refractivity contribution in [2.24, 2.45) is 7.05 Å². The van der Waals surface area contributed by atoms with Crippen LogP contribution in [0, 0.1) is 0 Å². The second-order valence-corrected chi connectivity index (χ2v) is 10.3. The lowest BCUT2D eigenvalue weighted by atomic mass is 9.98. The van der Waals surface area contributed by atoms with Crippen molar-refractivity contribution in [1.82, 2.24) is 18.9 Å². The van der Waals surface area contributed by atoms with Gasteiger partial charge in [0, 0.05) is 69.0 Å². The molecule has 0 saturated carbocycles. The van der Waals surface area contributed by atoms with Crippen LogP contribution >= 0.6 is 0 Å². The molecule has 0 spiro atoms. The smallest absolute Gasteiger partial charge is 0.407 e. The zero-order chi connectivity index (χ0) is 26.2. The minimum atomic E-state index is -0.817. The van der Waals surface area contributed by atoms with Crippen LogP contribution in [0.3, 0.4) is 0 Å². The van der Waals surface area contributed by atoms with E-state index in [-0.39, 0.29) is 5.56 Å². The fourth-order valence-corrected chi connectivity index (χ4v) is 5.97. The number of carboxylic acid groups (broad SMARTS) is 1. The first kappa shape index (κ1) is 24.3. The molecule has 4 heterocycles. The van der Waals surface area contributed by atoms with Gasteiger partial charge in [-0.05, 0) is 42.2 Å². The number of pyridine rings is 1. The van der Waals surface area contributed by atoms with Crippen molar-refractivity contribution in [3.05, 3.63) is 94.0 Å². The average molecular weight is 513 g/mol. The summed E-state index contributed by atoms with van der Waals surface area (Å²) in [7, 11) is 2.11. The molecular weight excluding hydrogens is 480 g/mol. The molecule has 8 nitrogen and oxygen atoms in total. The Hall–Kier alpha value is -4.04. The summed E-state index contributed by atoms with van der Waals surface area (Å²) in [5, 5.41) is 10.5. The Kier molecular flexibility index (Phi) is 6.41. The first-order chi connectivity index (χ1) is 18.5. The molecule has 1 fully saturated rings. The Morgan fingerprint density at radius 2 is 1.82 bits per heavy atom. The molecule has 1 saturated heterocycles. The van der Waals surface area contributed by atoms with Crippen molar-refractivity contribution in [2.75, 3.05) is 19.6 Å². The van der Waals surface area contributed by atoms with Crippen LogP contribution in [0.1, 0.15) is 29.7 Å². The zero-order valence-corrected chi connectivity index (χ0v) is 21.5. The van der Waals surface area contributed by atoms with E-state index in [4.69, 9.17) is 4.74 Å². The largest absolute Gasteiger partial charge is 0.489 e. The lowest BCUT2D eigenvalue weighted by Gasteiger charge is -2.39. The Morgan fingerprint density at radius 1 is 1.03 bits per heavy atom. The molecule has 8 heteroatoms. The number of aryl methyl sites for hydroxylation is 1. The third kappa shape index (κ3) is 4.56. The third-order valence-corrected chi connectivity index (χ3v) is 8.09. The van der Waals surface area contributed by atoms with E-state index in [0.29, 0.717) is 31.5 Å². The van der Waals surface area contributed by atoms with Crippen molar-refractivity contribution < 1.29 is 14.6 Å². The summed E-state index contributed by atoms with van der Waals surface area (Å²) in [6, 6.07) is 19.9. The molecule has 2 aliphatic rings. The van der Waals surface area contributed by atoms with Crippen molar-refractivity contribution in [2.45, 2.75) is 38.5 Å². The van der Waals surface area contributed by atoms with Gasteiger partial charge in [0.15, 0.2) is 0 Å². The van der Waals surface area contributed by atoms with Gasteiger partial charge in [-0.3, -0.25) is 14.3 Å². The second-order valence-electron chi connectivity index (χ2n) is 10.3. The molecule has 2 aromatic heterocycles. The van der Waals surface area contributed by atoms with Crippen LogP contribution in [-0.4, -0.2) is 55.8 Å². The predicted octanol–water partition coefficient (Wildman–Crippen LogP) is 4.41. The fraction of sp³-hybridized carbons (Fsp3) is 0.333. The monoisotopic (exact) mass is 512 g/mol. The number of hydrogen-bond acceptors (Lipinski definition) is 4. The Balaban J connectivity index is 1.21. The highest BCUT2D eigenvalue weighted by molar-refractivity contribution is 5.87. The molecule has 6 rings (SSSR count). The van der Waals surface area contributed by atoms with Crippen molar-refractivity contribution in [3.63, 3.8) is 0 Å². The quantitative estimate of drug-likeness (QED) is 0.429. The number of fused-ring (bicyclic) bond motifs is 3. The average Bonchev–Trinajstić information content (AvgIpc) is 3.23. The van der Waals surface area contributed by atoms with Gasteiger partial charge in [-0.2, -0.15) is 0 Å². The van der Waals surface area contributed by atoms with Crippen LogP contribution in [0.4, 0.5) is 4.79 Å². The maximum absolute atomic E-state index is 13.0. The number of carbonyl (C=O) groups is 1. The van der Waals surface area contributed by atoms with Gasteiger partial charge >= 0.3 is 6.09 Å². The first-order valence-electron chi connectivity index (χ1n) is 13.2. The molecule has 0 aliphatic carbocycles. The number of likely N-dealkylation sites (tertiary alicyclic amines) is 1. The molecule has 2 aromatic carbocycles. The molecule has 0 radical (unpaired) electrons. The van der Waals surface area contributed by atoms with E-state index in [0.717, 1.165) is 49.1 Å². The molecule has 196 valence electrons. The minimum Gasteiger partial charge on any atom is -0.489 e. The molecule has 1 amide bonds. The maximum Gasteiger partial charge on any atom is 0.407 e. The number of amides is 1. The third-order valence-electron chi connectivity index (χ3n) is 8.09. The molecule has 2 aliphatic heterocycles. The summed E-state index contributed by atoms with van der Waals surface area (Å²) in [6.07, 6.45) is 3.68. The molecule has 4 aromatic rings. The normalized spacial score (nSPS) is 16.5. The van der Waals surface area contributed by atoms with Gasteiger partial charge < -0.3 is 19.3 Å². The summed E-state index contributed by atoms with van der Waals surface area (Å²) in [5.74, 6) is 0.555. The van der Waals surface area contributed by atoms with E-state index in [2.05, 4.69) is 28.6 Å². The Morgan fingerprint density at radius 3 is 2.55 bits per heavy atom. The first-order valence-corrected chi connectivity index (χ1v) is 13.2. The number of benzene rings is 2. The number of hydrogen-bond donors (Lipinski definition) is 1. The molecule has 0 bridgehead atoms. The number of piperidine rings is 1. The maximum atomic E-state index is 13.0. The van der Waals surface area contributed by atoms with E-state index < -0.39 is 6.09 Å². The highest BCUT2D eigenvalue weighted by Crippen LogP contribution is 2.33. The highest BCUT2D eigenvalue weighted by atomic mass is 16.5. The van der Waals surface area contributed by atoms with Crippen LogP contribution in [0.2, 0.25) is 0 Å². The van der Waals surface area contributed by atoms with Crippen LogP contribution in [0.5, 0.6) is 5.75 Å². The summed E-state index contributed by atoms with van der Waals surface area (Å²) in [5.41, 5.74) is 5.55. The van der Waals surface area contributed by atoms with Gasteiger partial charge in [-0.25, -0.2) is 4.79 Å². The summed E-state index contributed by atoms with van der Waals surface area (Å²) >= 11 is 0. The van der Waals surface area contributed by atoms with Crippen LogP contribution in [0.25, 0.3) is 16.6 Å². The standard InChI is InChI=1S/C30H32N4O4/c1-31-27-12-15-33(22-9-13-32(14-10-22)30(36)37)19-26(27)25-8-7-23(17-28(25)31)34-16-11-24(18-29(34)35)38-20-21-5-3-2-4-6-21/h2-8,11,16-18,22H,9-10,12-15,19-20H2,1H3,(H,36,37). The lowest BCUT2D eigenvalue weighted by molar-refractivity contribution is 0.0883. The van der Waals surface area contributed by atoms with E-state index in [1.807, 2.05) is 42.5 Å². The molecular formula is C30H32N4O4. The molecule has 0 unspecified atom stereocenters. The van der Waals surface area contributed by atoms with Gasteiger partial charge in [0.25, 0.3) is 5.56 Å². The van der Waals surface area contributed by atoms with E-state index >= 15 is 0 Å². The topological polar surface area (TPSA) is 79.9 Å². The van der Waals surface area contributed by atoms with Gasteiger partial charge in [-0.15, -0.1) is 0 Å². The second kappa shape index (κ2) is 10.0. The lowest BCUT2D eigenvalue weighted by Crippen LogP contribution is -2.47.